The minimum absolute atomic E-state index is 0.485. The van der Waals surface area contributed by atoms with Crippen molar-refractivity contribution < 1.29 is 4.74 Å². The van der Waals surface area contributed by atoms with Crippen molar-refractivity contribution in [2.24, 2.45) is 10.7 Å². The van der Waals surface area contributed by atoms with Crippen LogP contribution in [0.25, 0.3) is 0 Å². The largest absolute Gasteiger partial charge is 0.378 e. The average Bonchev–Trinajstić information content (AvgIpc) is 3.17. The Bertz CT molecular complexity index is 493. The quantitative estimate of drug-likeness (QED) is 0.484. The molecule has 2 N–H and O–H groups in total. The first-order valence-corrected chi connectivity index (χ1v) is 10.0. The number of ether oxygens (including phenoxy) is 1. The van der Waals surface area contributed by atoms with Crippen molar-refractivity contribution in [1.29, 1.82) is 0 Å². The second kappa shape index (κ2) is 9.22. The first-order valence-electron chi connectivity index (χ1n) is 9.14. The number of anilines is 1. The van der Waals surface area contributed by atoms with E-state index in [1.807, 2.05) is 11.6 Å². The first-order chi connectivity index (χ1) is 11.8. The van der Waals surface area contributed by atoms with Crippen LogP contribution in [-0.4, -0.2) is 61.3 Å². The SMILES string of the molecule is NC(=NCCCOC1CCCCC1)N1CCN(c2nccs2)CC1. The van der Waals surface area contributed by atoms with Crippen LogP contribution >= 0.6 is 11.3 Å². The number of rotatable bonds is 6. The Kier molecular flexibility index (Phi) is 6.72. The van der Waals surface area contributed by atoms with E-state index in [0.717, 1.165) is 50.9 Å². The van der Waals surface area contributed by atoms with Gasteiger partial charge < -0.3 is 20.3 Å². The van der Waals surface area contributed by atoms with Crippen LogP contribution in [-0.2, 0) is 4.74 Å². The Morgan fingerprint density at radius 1 is 1.25 bits per heavy atom. The Balaban J connectivity index is 1.31. The second-order valence-electron chi connectivity index (χ2n) is 6.51. The van der Waals surface area contributed by atoms with Gasteiger partial charge in [0, 0.05) is 50.9 Å². The van der Waals surface area contributed by atoms with E-state index < -0.39 is 0 Å². The summed E-state index contributed by atoms with van der Waals surface area (Å²) in [5.41, 5.74) is 6.14. The molecule has 0 aromatic carbocycles. The van der Waals surface area contributed by atoms with E-state index in [0.29, 0.717) is 12.1 Å². The van der Waals surface area contributed by atoms with Crippen LogP contribution in [0.1, 0.15) is 38.5 Å². The van der Waals surface area contributed by atoms with Crippen molar-refractivity contribution in [3.63, 3.8) is 0 Å². The third kappa shape index (κ3) is 5.08. The molecule has 1 saturated carbocycles. The van der Waals surface area contributed by atoms with Crippen LogP contribution in [0.3, 0.4) is 0 Å². The number of nitrogens with zero attached hydrogens (tertiary/aromatic N) is 4. The van der Waals surface area contributed by atoms with E-state index in [-0.39, 0.29) is 0 Å². The minimum Gasteiger partial charge on any atom is -0.378 e. The predicted octanol–water partition coefficient (Wildman–Crippen LogP) is 2.32. The molecular formula is C17H29N5OS. The molecule has 0 unspecified atom stereocenters. The summed E-state index contributed by atoms with van der Waals surface area (Å²) in [5.74, 6) is 0.673. The topological polar surface area (TPSA) is 67.0 Å². The van der Waals surface area contributed by atoms with Crippen molar-refractivity contribution in [3.05, 3.63) is 11.6 Å². The molecule has 0 atom stereocenters. The molecule has 0 radical (unpaired) electrons. The Labute approximate surface area is 148 Å². The van der Waals surface area contributed by atoms with Crippen molar-refractivity contribution >= 4 is 22.4 Å². The van der Waals surface area contributed by atoms with Gasteiger partial charge in [0.1, 0.15) is 0 Å². The van der Waals surface area contributed by atoms with Gasteiger partial charge in [-0.2, -0.15) is 0 Å². The fraction of sp³-hybridized carbons (Fsp3) is 0.765. The molecule has 1 aliphatic carbocycles. The third-order valence-corrected chi connectivity index (χ3v) is 5.61. The maximum atomic E-state index is 6.14. The normalized spacial score (nSPS) is 20.6. The Morgan fingerprint density at radius 3 is 2.75 bits per heavy atom. The lowest BCUT2D eigenvalue weighted by Gasteiger charge is -2.35. The van der Waals surface area contributed by atoms with Crippen molar-refractivity contribution in [1.82, 2.24) is 9.88 Å². The van der Waals surface area contributed by atoms with Gasteiger partial charge in [-0.3, -0.25) is 4.99 Å². The maximum absolute atomic E-state index is 6.14. The molecule has 2 heterocycles. The molecule has 2 fully saturated rings. The smallest absolute Gasteiger partial charge is 0.191 e. The van der Waals surface area contributed by atoms with E-state index in [1.165, 1.54) is 32.1 Å². The lowest BCUT2D eigenvalue weighted by molar-refractivity contribution is 0.0281. The van der Waals surface area contributed by atoms with Crippen LogP contribution < -0.4 is 10.6 Å². The van der Waals surface area contributed by atoms with Gasteiger partial charge in [-0.1, -0.05) is 19.3 Å². The van der Waals surface area contributed by atoms with Gasteiger partial charge in [0.25, 0.3) is 0 Å². The highest BCUT2D eigenvalue weighted by molar-refractivity contribution is 7.13. The number of guanidine groups is 1. The van der Waals surface area contributed by atoms with Gasteiger partial charge in [-0.05, 0) is 19.3 Å². The van der Waals surface area contributed by atoms with Crippen molar-refractivity contribution in [2.75, 3.05) is 44.2 Å². The van der Waals surface area contributed by atoms with Gasteiger partial charge >= 0.3 is 0 Å². The molecule has 1 saturated heterocycles. The molecule has 3 rings (SSSR count). The fourth-order valence-corrected chi connectivity index (χ4v) is 4.04. The Morgan fingerprint density at radius 2 is 2.04 bits per heavy atom. The first kappa shape index (κ1) is 17.5. The fourth-order valence-electron chi connectivity index (χ4n) is 3.34. The molecule has 0 amide bonds. The molecule has 0 spiro atoms. The molecule has 2 aliphatic rings. The Hall–Kier alpha value is -1.34. The van der Waals surface area contributed by atoms with Gasteiger partial charge in [0.15, 0.2) is 11.1 Å². The summed E-state index contributed by atoms with van der Waals surface area (Å²) in [6, 6.07) is 0. The maximum Gasteiger partial charge on any atom is 0.191 e. The molecule has 6 nitrogen and oxygen atoms in total. The number of nitrogens with two attached hydrogens (primary N) is 1. The molecule has 1 aliphatic heterocycles. The van der Waals surface area contributed by atoms with Crippen molar-refractivity contribution in [2.45, 2.75) is 44.6 Å². The molecule has 1 aromatic rings. The van der Waals surface area contributed by atoms with E-state index in [2.05, 4.69) is 19.8 Å². The standard InChI is InChI=1S/C17H29N5OS/c18-16(19-7-4-13-23-15-5-2-1-3-6-15)21-9-11-22(12-10-21)17-20-8-14-24-17/h8,14-15H,1-7,9-13H2,(H2,18,19). The zero-order chi connectivity index (χ0) is 16.6. The highest BCUT2D eigenvalue weighted by Gasteiger charge is 2.19. The molecule has 7 heteroatoms. The number of aromatic nitrogens is 1. The summed E-state index contributed by atoms with van der Waals surface area (Å²) >= 11 is 1.69. The average molecular weight is 352 g/mol. The summed E-state index contributed by atoms with van der Waals surface area (Å²) < 4.78 is 5.93. The van der Waals surface area contributed by atoms with Crippen LogP contribution in [0.4, 0.5) is 5.13 Å². The summed E-state index contributed by atoms with van der Waals surface area (Å²) in [7, 11) is 0. The number of hydrogen-bond acceptors (Lipinski definition) is 5. The highest BCUT2D eigenvalue weighted by atomic mass is 32.1. The molecule has 24 heavy (non-hydrogen) atoms. The number of hydrogen-bond donors (Lipinski definition) is 1. The van der Waals surface area contributed by atoms with Crippen LogP contribution in [0, 0.1) is 0 Å². The molecule has 134 valence electrons. The van der Waals surface area contributed by atoms with Crippen molar-refractivity contribution in [3.8, 4) is 0 Å². The summed E-state index contributed by atoms with van der Waals surface area (Å²) in [6.07, 6.45) is 9.78. The molecule has 0 bridgehead atoms. The number of piperazine rings is 1. The van der Waals surface area contributed by atoms with Crippen LogP contribution in [0.2, 0.25) is 0 Å². The van der Waals surface area contributed by atoms with Gasteiger partial charge in [-0.15, -0.1) is 11.3 Å². The van der Waals surface area contributed by atoms with E-state index in [1.54, 1.807) is 11.3 Å². The monoisotopic (exact) mass is 351 g/mol. The van der Waals surface area contributed by atoms with E-state index in [4.69, 9.17) is 10.5 Å². The van der Waals surface area contributed by atoms with E-state index >= 15 is 0 Å². The molecular weight excluding hydrogens is 322 g/mol. The van der Waals surface area contributed by atoms with Gasteiger partial charge in [0.2, 0.25) is 0 Å². The lowest BCUT2D eigenvalue weighted by atomic mass is 9.98. The zero-order valence-corrected chi connectivity index (χ0v) is 15.2. The number of aliphatic imine (C=N–C) groups is 1. The molecule has 1 aromatic heterocycles. The zero-order valence-electron chi connectivity index (χ0n) is 14.4. The second-order valence-corrected chi connectivity index (χ2v) is 7.39. The predicted molar refractivity (Wildman–Crippen MR) is 99.8 cm³/mol. The summed E-state index contributed by atoms with van der Waals surface area (Å²) in [5, 5.41) is 3.12. The summed E-state index contributed by atoms with van der Waals surface area (Å²) in [4.78, 5) is 13.4. The lowest BCUT2D eigenvalue weighted by Crippen LogP contribution is -2.51. The van der Waals surface area contributed by atoms with E-state index in [9.17, 15) is 0 Å². The minimum atomic E-state index is 0.485. The summed E-state index contributed by atoms with van der Waals surface area (Å²) in [6.45, 7) is 5.29. The number of thiazole rings is 1. The van der Waals surface area contributed by atoms with Gasteiger partial charge in [-0.25, -0.2) is 4.98 Å². The third-order valence-electron chi connectivity index (χ3n) is 4.78. The van der Waals surface area contributed by atoms with Crippen LogP contribution in [0.15, 0.2) is 16.6 Å². The van der Waals surface area contributed by atoms with Gasteiger partial charge in [0.05, 0.1) is 6.10 Å². The highest BCUT2D eigenvalue weighted by Crippen LogP contribution is 2.20. The van der Waals surface area contributed by atoms with Crippen LogP contribution in [0.5, 0.6) is 0 Å².